The van der Waals surface area contributed by atoms with Gasteiger partial charge in [-0.15, -0.1) is 0 Å². The zero-order valence-electron chi connectivity index (χ0n) is 14.6. The Hall–Kier alpha value is -2.98. The Balaban J connectivity index is 2.25. The van der Waals surface area contributed by atoms with Crippen LogP contribution in [0.2, 0.25) is 0 Å². The number of primary amides is 1. The second-order valence-corrected chi connectivity index (χ2v) is 8.15. The molecule has 1 heterocycles. The molecule has 3 aromatic rings. The van der Waals surface area contributed by atoms with Crippen LogP contribution in [0.1, 0.15) is 17.0 Å². The van der Waals surface area contributed by atoms with Gasteiger partial charge >= 0.3 is 10.2 Å². The summed E-state index contributed by atoms with van der Waals surface area (Å²) >= 11 is 0. The number of halogens is 1. The molecule has 0 saturated heterocycles. The third-order valence-electron chi connectivity index (χ3n) is 4.15. The van der Waals surface area contributed by atoms with Crippen molar-refractivity contribution in [2.45, 2.75) is 5.92 Å². The van der Waals surface area contributed by atoms with Crippen LogP contribution in [0.5, 0.6) is 0 Å². The molecule has 4 N–H and O–H groups in total. The number of hydrogen-bond donors (Lipinski definition) is 2. The van der Waals surface area contributed by atoms with Gasteiger partial charge in [0, 0.05) is 14.1 Å². The predicted octanol–water partition coefficient (Wildman–Crippen LogP) is 1.03. The molecule has 0 saturated carbocycles. The van der Waals surface area contributed by atoms with Crippen LogP contribution in [0.3, 0.4) is 0 Å². The van der Waals surface area contributed by atoms with Gasteiger partial charge in [0.1, 0.15) is 5.82 Å². The van der Waals surface area contributed by atoms with Gasteiger partial charge in [0.25, 0.3) is 0 Å². The lowest BCUT2D eigenvalue weighted by atomic mass is 9.90. The summed E-state index contributed by atoms with van der Waals surface area (Å²) in [5.41, 5.74) is 12.6. The molecule has 142 valence electrons. The maximum absolute atomic E-state index is 13.6. The molecule has 0 fully saturated rings. The molecule has 0 spiro atoms. The van der Waals surface area contributed by atoms with Crippen LogP contribution in [0.15, 0.2) is 42.5 Å². The number of anilines is 1. The van der Waals surface area contributed by atoms with E-state index in [0.717, 1.165) is 8.28 Å². The number of benzene rings is 2. The molecule has 3 rings (SSSR count). The molecule has 1 atom stereocenters. The summed E-state index contributed by atoms with van der Waals surface area (Å²) in [5, 5.41) is 0. The first kappa shape index (κ1) is 18.8. The lowest BCUT2D eigenvalue weighted by Gasteiger charge is -2.16. The molecule has 2 aromatic carbocycles. The highest BCUT2D eigenvalue weighted by Gasteiger charge is 2.26. The third-order valence-corrected chi connectivity index (χ3v) is 5.92. The van der Waals surface area contributed by atoms with E-state index in [2.05, 4.69) is 4.98 Å². The Bertz CT molecular complexity index is 1140. The quantitative estimate of drug-likeness (QED) is 0.672. The van der Waals surface area contributed by atoms with Gasteiger partial charge in [0.2, 0.25) is 11.9 Å². The summed E-state index contributed by atoms with van der Waals surface area (Å²) in [7, 11) is -1.21. The number of aromatic nitrogens is 2. The normalized spacial score (nSPS) is 13.2. The maximum atomic E-state index is 13.6. The van der Waals surface area contributed by atoms with Gasteiger partial charge in [0.05, 0.1) is 17.0 Å². The highest BCUT2D eigenvalue weighted by Crippen LogP contribution is 2.29. The zero-order valence-corrected chi connectivity index (χ0v) is 15.4. The van der Waals surface area contributed by atoms with Crippen LogP contribution >= 0.6 is 0 Å². The van der Waals surface area contributed by atoms with E-state index in [1.54, 1.807) is 12.1 Å². The lowest BCUT2D eigenvalue weighted by molar-refractivity contribution is -0.118. The summed E-state index contributed by atoms with van der Waals surface area (Å²) in [6.45, 7) is 0. The number of fused-ring (bicyclic) bond motifs is 1. The Morgan fingerprint density at radius 1 is 1.19 bits per heavy atom. The van der Waals surface area contributed by atoms with Gasteiger partial charge < -0.3 is 11.5 Å². The topological polar surface area (TPSA) is 124 Å². The maximum Gasteiger partial charge on any atom is 0.310 e. The van der Waals surface area contributed by atoms with E-state index in [1.807, 2.05) is 0 Å². The highest BCUT2D eigenvalue weighted by molar-refractivity contribution is 7.87. The summed E-state index contributed by atoms with van der Waals surface area (Å²) < 4.78 is 40.7. The van der Waals surface area contributed by atoms with Gasteiger partial charge in [0.15, 0.2) is 0 Å². The number of imidazole rings is 1. The number of carbonyl (C=O) groups is 1. The number of nitrogens with zero attached hydrogens (tertiary/aromatic N) is 3. The third kappa shape index (κ3) is 3.24. The summed E-state index contributed by atoms with van der Waals surface area (Å²) in [5.74, 6) is -2.38. The van der Waals surface area contributed by atoms with Crippen LogP contribution in [0.25, 0.3) is 11.0 Å². The summed E-state index contributed by atoms with van der Waals surface area (Å²) in [6.07, 6.45) is 0. The van der Waals surface area contributed by atoms with Gasteiger partial charge in [-0.05, 0) is 35.4 Å². The van der Waals surface area contributed by atoms with Crippen molar-refractivity contribution < 1.29 is 17.6 Å². The van der Waals surface area contributed by atoms with Crippen molar-refractivity contribution in [2.75, 3.05) is 19.8 Å². The van der Waals surface area contributed by atoms with Crippen LogP contribution < -0.4 is 11.5 Å². The van der Waals surface area contributed by atoms with Crippen LogP contribution in [0, 0.1) is 5.82 Å². The van der Waals surface area contributed by atoms with E-state index in [0.29, 0.717) is 16.6 Å². The molecule has 0 aliphatic heterocycles. The fourth-order valence-electron chi connectivity index (χ4n) is 2.88. The van der Waals surface area contributed by atoms with E-state index < -0.39 is 27.9 Å². The van der Waals surface area contributed by atoms with Crippen LogP contribution in [-0.2, 0) is 15.0 Å². The average Bonchev–Trinajstić information content (AvgIpc) is 2.90. The van der Waals surface area contributed by atoms with Crippen molar-refractivity contribution in [3.8, 4) is 0 Å². The van der Waals surface area contributed by atoms with Gasteiger partial charge in [-0.1, -0.05) is 18.2 Å². The standard InChI is InChI=1S/C17H18FN5O3S/c1-22(2)27(25,26)23-14-9-11(6-7-13(14)21-17(23)20)15(16(19)24)10-4-3-5-12(18)8-10/h3-9,15H,1-2H3,(H2,19,24)(H2,20,21). The molecule has 1 amide bonds. The van der Waals surface area contributed by atoms with Crippen molar-refractivity contribution in [3.63, 3.8) is 0 Å². The fraction of sp³-hybridized carbons (Fsp3) is 0.176. The molecular weight excluding hydrogens is 373 g/mol. The van der Waals surface area contributed by atoms with Crippen molar-refractivity contribution >= 4 is 33.1 Å². The Labute approximate surface area is 155 Å². The Kier molecular flexibility index (Phi) is 4.62. The van der Waals surface area contributed by atoms with E-state index in [4.69, 9.17) is 11.5 Å². The van der Waals surface area contributed by atoms with E-state index in [9.17, 15) is 17.6 Å². The molecule has 10 heteroatoms. The van der Waals surface area contributed by atoms with Crippen molar-refractivity contribution in [2.24, 2.45) is 5.73 Å². The second-order valence-electron chi connectivity index (χ2n) is 6.16. The molecule has 1 aromatic heterocycles. The monoisotopic (exact) mass is 391 g/mol. The minimum Gasteiger partial charge on any atom is -0.369 e. The number of rotatable bonds is 5. The Morgan fingerprint density at radius 2 is 1.85 bits per heavy atom. The minimum atomic E-state index is -3.94. The average molecular weight is 391 g/mol. The van der Waals surface area contributed by atoms with Crippen molar-refractivity contribution in [1.82, 2.24) is 13.3 Å². The first-order valence-electron chi connectivity index (χ1n) is 7.88. The van der Waals surface area contributed by atoms with Gasteiger partial charge in [-0.25, -0.2) is 9.37 Å². The highest BCUT2D eigenvalue weighted by atomic mass is 32.2. The van der Waals surface area contributed by atoms with E-state index in [1.165, 1.54) is 44.4 Å². The number of nitrogens with two attached hydrogens (primary N) is 2. The van der Waals surface area contributed by atoms with Crippen molar-refractivity contribution in [1.29, 1.82) is 0 Å². The van der Waals surface area contributed by atoms with Crippen molar-refractivity contribution in [3.05, 3.63) is 59.4 Å². The molecule has 0 aliphatic rings. The molecule has 0 radical (unpaired) electrons. The van der Waals surface area contributed by atoms with E-state index >= 15 is 0 Å². The van der Waals surface area contributed by atoms with Crippen LogP contribution in [-0.4, -0.2) is 41.7 Å². The zero-order chi connectivity index (χ0) is 19.9. The lowest BCUT2D eigenvalue weighted by Crippen LogP contribution is -2.29. The van der Waals surface area contributed by atoms with Gasteiger partial charge in [-0.2, -0.15) is 16.7 Å². The SMILES string of the molecule is CN(C)S(=O)(=O)n1c(N)nc2ccc(C(C(N)=O)c3cccc(F)c3)cc21. The molecular formula is C17H18FN5O3S. The van der Waals surface area contributed by atoms with Crippen LogP contribution in [0.4, 0.5) is 10.3 Å². The minimum absolute atomic E-state index is 0.196. The molecule has 27 heavy (non-hydrogen) atoms. The predicted molar refractivity (Wildman–Crippen MR) is 99.6 cm³/mol. The second kappa shape index (κ2) is 6.63. The Morgan fingerprint density at radius 3 is 2.44 bits per heavy atom. The van der Waals surface area contributed by atoms with Gasteiger partial charge in [-0.3, -0.25) is 4.79 Å². The summed E-state index contributed by atoms with van der Waals surface area (Å²) in [6, 6.07) is 10.1. The molecule has 0 aliphatic carbocycles. The summed E-state index contributed by atoms with van der Waals surface area (Å²) in [4.78, 5) is 16.1. The fourth-order valence-corrected chi connectivity index (χ4v) is 3.88. The number of carbonyl (C=O) groups excluding carboxylic acids is 1. The molecule has 0 bridgehead atoms. The molecule has 8 nitrogen and oxygen atoms in total. The molecule has 1 unspecified atom stereocenters. The number of amides is 1. The largest absolute Gasteiger partial charge is 0.369 e. The first-order chi connectivity index (χ1) is 12.6. The first-order valence-corrected chi connectivity index (χ1v) is 9.28. The number of hydrogen-bond acceptors (Lipinski definition) is 5. The number of nitrogen functional groups attached to an aromatic ring is 1. The van der Waals surface area contributed by atoms with E-state index in [-0.39, 0.29) is 11.5 Å². The smallest absolute Gasteiger partial charge is 0.310 e.